The van der Waals surface area contributed by atoms with Crippen LogP contribution in [-0.2, 0) is 9.59 Å². The standard InChI is InChI=1S/C22H32O4/c1-12(20(25)26)15-11-13-10-14(23)6-8-21(13,2)17-7-9-22(3)16(19(15)17)4-5-18(22)24/h10,12,15-19,24H,4-9,11H2,1-3H3,(H,25,26)/t12?,15?,16-,17-,18-,19-,21-,22-/m0/s1. The topological polar surface area (TPSA) is 74.6 Å². The van der Waals surface area contributed by atoms with E-state index in [2.05, 4.69) is 13.8 Å². The lowest BCUT2D eigenvalue weighted by Crippen LogP contribution is -2.55. The molecule has 0 amide bonds. The minimum Gasteiger partial charge on any atom is -0.481 e. The number of hydrogen-bond acceptors (Lipinski definition) is 3. The molecule has 0 aromatic heterocycles. The van der Waals surface area contributed by atoms with Gasteiger partial charge in [-0.25, -0.2) is 0 Å². The van der Waals surface area contributed by atoms with E-state index in [-0.39, 0.29) is 28.6 Å². The van der Waals surface area contributed by atoms with Gasteiger partial charge in [-0.2, -0.15) is 0 Å². The van der Waals surface area contributed by atoms with Gasteiger partial charge in [0.25, 0.3) is 0 Å². The molecular formula is C22H32O4. The summed E-state index contributed by atoms with van der Waals surface area (Å²) in [7, 11) is 0. The highest BCUT2D eigenvalue weighted by atomic mass is 16.4. The number of aliphatic hydroxyl groups excluding tert-OH is 1. The molecule has 4 rings (SSSR count). The molecule has 4 aliphatic rings. The van der Waals surface area contributed by atoms with Crippen LogP contribution in [0.5, 0.6) is 0 Å². The van der Waals surface area contributed by atoms with Crippen molar-refractivity contribution in [2.75, 3.05) is 0 Å². The molecule has 2 unspecified atom stereocenters. The number of hydrogen-bond donors (Lipinski definition) is 2. The van der Waals surface area contributed by atoms with Crippen LogP contribution in [0.25, 0.3) is 0 Å². The number of aliphatic carboxylic acids is 1. The summed E-state index contributed by atoms with van der Waals surface area (Å²) >= 11 is 0. The van der Waals surface area contributed by atoms with Crippen molar-refractivity contribution in [3.63, 3.8) is 0 Å². The zero-order valence-electron chi connectivity index (χ0n) is 16.2. The monoisotopic (exact) mass is 360 g/mol. The normalized spacial score (nSPS) is 48.8. The summed E-state index contributed by atoms with van der Waals surface area (Å²) in [6.07, 6.45) is 7.76. The number of aliphatic hydroxyl groups is 1. The smallest absolute Gasteiger partial charge is 0.306 e. The molecule has 4 heteroatoms. The minimum atomic E-state index is -0.731. The van der Waals surface area contributed by atoms with Gasteiger partial charge in [0.1, 0.15) is 0 Å². The van der Waals surface area contributed by atoms with E-state index in [1.165, 1.54) is 5.57 Å². The van der Waals surface area contributed by atoms with Crippen molar-refractivity contribution in [2.24, 2.45) is 40.4 Å². The maximum Gasteiger partial charge on any atom is 0.306 e. The van der Waals surface area contributed by atoms with Gasteiger partial charge in [0.05, 0.1) is 12.0 Å². The van der Waals surface area contributed by atoms with Gasteiger partial charge in [0.2, 0.25) is 0 Å². The third kappa shape index (κ3) is 2.37. The van der Waals surface area contributed by atoms with Gasteiger partial charge in [0.15, 0.2) is 5.78 Å². The highest BCUT2D eigenvalue weighted by molar-refractivity contribution is 5.91. The quantitative estimate of drug-likeness (QED) is 0.785. The van der Waals surface area contributed by atoms with Crippen LogP contribution in [0.4, 0.5) is 0 Å². The lowest BCUT2D eigenvalue weighted by Gasteiger charge is -2.60. The zero-order valence-corrected chi connectivity index (χ0v) is 16.2. The van der Waals surface area contributed by atoms with Crippen LogP contribution >= 0.6 is 0 Å². The van der Waals surface area contributed by atoms with Crippen LogP contribution < -0.4 is 0 Å². The second-order valence-electron chi connectivity index (χ2n) is 9.98. The Morgan fingerprint density at radius 1 is 1.19 bits per heavy atom. The number of rotatable bonds is 2. The Kier molecular flexibility index (Phi) is 4.15. The number of allylic oxidation sites excluding steroid dienone is 1. The van der Waals surface area contributed by atoms with Crippen LogP contribution in [0.3, 0.4) is 0 Å². The summed E-state index contributed by atoms with van der Waals surface area (Å²) in [6.45, 7) is 6.39. The summed E-state index contributed by atoms with van der Waals surface area (Å²) in [5, 5.41) is 20.4. The molecule has 0 heterocycles. The van der Waals surface area contributed by atoms with E-state index in [1.54, 1.807) is 0 Å². The summed E-state index contributed by atoms with van der Waals surface area (Å²) < 4.78 is 0. The molecular weight excluding hydrogens is 328 g/mol. The number of carboxylic acids is 1. The largest absolute Gasteiger partial charge is 0.481 e. The average Bonchev–Trinajstić information content (AvgIpc) is 2.89. The Hall–Kier alpha value is -1.16. The SMILES string of the molecule is CC(C(=O)O)C1CC2=CC(=O)CC[C@]2(C)[C@H]2CC[C@]3(C)[C@@H](O)CC[C@H]3[C@H]12. The summed E-state index contributed by atoms with van der Waals surface area (Å²) in [5.74, 6) is 0.306. The van der Waals surface area contributed by atoms with Crippen LogP contribution in [0, 0.1) is 40.4 Å². The fourth-order valence-corrected chi connectivity index (χ4v) is 7.28. The Labute approximate surface area is 156 Å². The van der Waals surface area contributed by atoms with Crippen LogP contribution in [0.1, 0.15) is 65.7 Å². The first kappa shape index (κ1) is 18.2. The van der Waals surface area contributed by atoms with Gasteiger partial charge >= 0.3 is 5.97 Å². The van der Waals surface area contributed by atoms with E-state index in [0.29, 0.717) is 24.2 Å². The lowest BCUT2D eigenvalue weighted by molar-refractivity contribution is -0.150. The number of fused-ring (bicyclic) bond motifs is 5. The Balaban J connectivity index is 1.80. The maximum absolute atomic E-state index is 12.1. The number of carbonyl (C=O) groups is 2. The number of carbonyl (C=O) groups excluding carboxylic acids is 1. The molecule has 3 fully saturated rings. The third-order valence-electron chi connectivity index (χ3n) is 9.04. The molecule has 4 nitrogen and oxygen atoms in total. The van der Waals surface area contributed by atoms with Gasteiger partial charge in [-0.15, -0.1) is 0 Å². The molecule has 3 saturated carbocycles. The predicted octanol–water partition coefficient (Wildman–Crippen LogP) is 3.83. The van der Waals surface area contributed by atoms with Crippen LogP contribution in [0.15, 0.2) is 11.6 Å². The van der Waals surface area contributed by atoms with Crippen molar-refractivity contribution < 1.29 is 19.8 Å². The molecule has 0 bridgehead atoms. The summed E-state index contributed by atoms with van der Waals surface area (Å²) in [4.78, 5) is 24.0. The van der Waals surface area contributed by atoms with Gasteiger partial charge < -0.3 is 10.2 Å². The van der Waals surface area contributed by atoms with Crippen molar-refractivity contribution in [1.82, 2.24) is 0 Å². The fourth-order valence-electron chi connectivity index (χ4n) is 7.28. The first-order valence-corrected chi connectivity index (χ1v) is 10.3. The van der Waals surface area contributed by atoms with Crippen LogP contribution in [-0.4, -0.2) is 28.1 Å². The van der Waals surface area contributed by atoms with Crippen molar-refractivity contribution in [3.05, 3.63) is 11.6 Å². The van der Waals surface area contributed by atoms with Gasteiger partial charge in [-0.1, -0.05) is 26.3 Å². The van der Waals surface area contributed by atoms with Crippen molar-refractivity contribution >= 4 is 11.8 Å². The zero-order chi connectivity index (χ0) is 18.9. The number of ketones is 1. The first-order valence-electron chi connectivity index (χ1n) is 10.3. The van der Waals surface area contributed by atoms with E-state index in [9.17, 15) is 19.8 Å². The highest BCUT2D eigenvalue weighted by Gasteiger charge is 2.62. The predicted molar refractivity (Wildman–Crippen MR) is 98.4 cm³/mol. The molecule has 0 aromatic carbocycles. The van der Waals surface area contributed by atoms with E-state index in [1.807, 2.05) is 13.0 Å². The third-order valence-corrected chi connectivity index (χ3v) is 9.04. The molecule has 0 saturated heterocycles. The minimum absolute atomic E-state index is 0.0299. The Morgan fingerprint density at radius 2 is 1.92 bits per heavy atom. The average molecular weight is 360 g/mol. The van der Waals surface area contributed by atoms with Crippen molar-refractivity contribution in [3.8, 4) is 0 Å². The molecule has 144 valence electrons. The lowest BCUT2D eigenvalue weighted by atomic mass is 9.44. The van der Waals surface area contributed by atoms with Gasteiger partial charge in [-0.05, 0) is 79.1 Å². The maximum atomic E-state index is 12.1. The summed E-state index contributed by atoms with van der Waals surface area (Å²) in [5.41, 5.74) is 1.16. The molecule has 4 aliphatic carbocycles. The van der Waals surface area contributed by atoms with Crippen molar-refractivity contribution in [2.45, 2.75) is 71.8 Å². The Bertz CT molecular complexity index is 667. The second-order valence-corrected chi connectivity index (χ2v) is 9.98. The van der Waals surface area contributed by atoms with E-state index < -0.39 is 11.9 Å². The molecule has 8 atom stereocenters. The van der Waals surface area contributed by atoms with E-state index >= 15 is 0 Å². The molecule has 0 aliphatic heterocycles. The molecule has 0 spiro atoms. The van der Waals surface area contributed by atoms with Crippen molar-refractivity contribution in [1.29, 1.82) is 0 Å². The molecule has 0 radical (unpaired) electrons. The van der Waals surface area contributed by atoms with Crippen LogP contribution in [0.2, 0.25) is 0 Å². The molecule has 0 aromatic rings. The van der Waals surface area contributed by atoms with E-state index in [0.717, 1.165) is 38.5 Å². The number of carboxylic acid groups (broad SMARTS) is 1. The first-order chi connectivity index (χ1) is 12.2. The summed E-state index contributed by atoms with van der Waals surface area (Å²) in [6, 6.07) is 0. The molecule has 2 N–H and O–H groups in total. The highest BCUT2D eigenvalue weighted by Crippen LogP contribution is 2.67. The second kappa shape index (κ2) is 5.92. The van der Waals surface area contributed by atoms with Gasteiger partial charge in [0, 0.05) is 6.42 Å². The fraction of sp³-hybridized carbons (Fsp3) is 0.818. The van der Waals surface area contributed by atoms with Gasteiger partial charge in [-0.3, -0.25) is 9.59 Å². The Morgan fingerprint density at radius 3 is 2.62 bits per heavy atom. The van der Waals surface area contributed by atoms with E-state index in [4.69, 9.17) is 0 Å². The molecule has 26 heavy (non-hydrogen) atoms.